The second-order valence-corrected chi connectivity index (χ2v) is 9.52. The van der Waals surface area contributed by atoms with Crippen molar-refractivity contribution in [3.63, 3.8) is 0 Å². The summed E-state index contributed by atoms with van der Waals surface area (Å²) in [5, 5.41) is 15.9. The van der Waals surface area contributed by atoms with E-state index in [0.29, 0.717) is 29.1 Å². The van der Waals surface area contributed by atoms with E-state index >= 15 is 0 Å². The van der Waals surface area contributed by atoms with E-state index < -0.39 is 29.7 Å². The molecule has 0 bridgehead atoms. The summed E-state index contributed by atoms with van der Waals surface area (Å²) in [6, 6.07) is 14.6. The van der Waals surface area contributed by atoms with Crippen molar-refractivity contribution in [2.45, 2.75) is 19.4 Å². The Kier molecular flexibility index (Phi) is 9.13. The van der Waals surface area contributed by atoms with Gasteiger partial charge in [0.05, 0.1) is 18.2 Å². The third-order valence-corrected chi connectivity index (χ3v) is 6.51. The first kappa shape index (κ1) is 28.7. The molecule has 2 amide bonds. The highest BCUT2D eigenvalue weighted by atomic mass is 35.5. The Balaban J connectivity index is 1.32. The van der Waals surface area contributed by atoms with Crippen molar-refractivity contribution in [2.24, 2.45) is 0 Å². The molecule has 0 saturated carbocycles. The molecule has 0 aromatic heterocycles. The summed E-state index contributed by atoms with van der Waals surface area (Å²) < 4.78 is 32.3. The summed E-state index contributed by atoms with van der Waals surface area (Å²) in [7, 11) is 0. The third kappa shape index (κ3) is 6.83. The van der Waals surface area contributed by atoms with Crippen molar-refractivity contribution >= 4 is 29.4 Å². The number of carbonyl (C=O) groups is 3. The SMILES string of the molecule is CC1=C(C(=O)O)C(c2cccc(Cl)c2)N(CCCNCC(=O)c2ccc(Oc3ccc(F)cc3F)cc2)C(=O)N1. The number of benzene rings is 3. The van der Waals surface area contributed by atoms with Gasteiger partial charge in [-0.25, -0.2) is 18.4 Å². The number of nitrogens with one attached hydrogen (secondary N) is 2. The van der Waals surface area contributed by atoms with Crippen LogP contribution in [0.1, 0.15) is 35.3 Å². The first-order valence-corrected chi connectivity index (χ1v) is 12.8. The highest BCUT2D eigenvalue weighted by molar-refractivity contribution is 6.30. The van der Waals surface area contributed by atoms with Gasteiger partial charge in [0.25, 0.3) is 0 Å². The molecule has 1 unspecified atom stereocenters. The van der Waals surface area contributed by atoms with E-state index in [1.54, 1.807) is 31.2 Å². The van der Waals surface area contributed by atoms with Crippen LogP contribution in [0, 0.1) is 11.6 Å². The fraction of sp³-hybridized carbons (Fsp3) is 0.207. The molecule has 0 radical (unpaired) electrons. The van der Waals surface area contributed by atoms with Gasteiger partial charge in [-0.2, -0.15) is 0 Å². The van der Waals surface area contributed by atoms with E-state index in [9.17, 15) is 28.3 Å². The molecule has 40 heavy (non-hydrogen) atoms. The minimum Gasteiger partial charge on any atom is -0.478 e. The van der Waals surface area contributed by atoms with Gasteiger partial charge in [-0.3, -0.25) is 4.79 Å². The van der Waals surface area contributed by atoms with Crippen LogP contribution in [-0.2, 0) is 4.79 Å². The van der Waals surface area contributed by atoms with Crippen molar-refractivity contribution in [3.8, 4) is 11.5 Å². The number of amides is 2. The molecule has 11 heteroatoms. The summed E-state index contributed by atoms with van der Waals surface area (Å²) in [5.41, 5.74) is 1.31. The average molecular weight is 570 g/mol. The van der Waals surface area contributed by atoms with Gasteiger partial charge in [0.15, 0.2) is 17.3 Å². The van der Waals surface area contributed by atoms with E-state index in [0.717, 1.165) is 12.1 Å². The molecule has 1 aliphatic heterocycles. The molecule has 1 aliphatic rings. The number of carboxylic acids is 1. The molecule has 0 saturated heterocycles. The lowest BCUT2D eigenvalue weighted by molar-refractivity contribution is -0.133. The number of hydrogen-bond acceptors (Lipinski definition) is 5. The van der Waals surface area contributed by atoms with Crippen molar-refractivity contribution in [1.29, 1.82) is 0 Å². The largest absolute Gasteiger partial charge is 0.478 e. The van der Waals surface area contributed by atoms with Gasteiger partial charge in [0.1, 0.15) is 11.6 Å². The second kappa shape index (κ2) is 12.7. The monoisotopic (exact) mass is 569 g/mol. The number of urea groups is 1. The summed E-state index contributed by atoms with van der Waals surface area (Å²) in [6.45, 7) is 2.17. The lowest BCUT2D eigenvalue weighted by Crippen LogP contribution is -2.49. The van der Waals surface area contributed by atoms with E-state index in [1.165, 1.54) is 35.2 Å². The number of carbonyl (C=O) groups excluding carboxylic acids is 2. The number of carboxylic acid groups (broad SMARTS) is 1. The Morgan fingerprint density at radius 1 is 1.10 bits per heavy atom. The second-order valence-electron chi connectivity index (χ2n) is 9.08. The topological polar surface area (TPSA) is 108 Å². The Morgan fingerprint density at radius 2 is 1.85 bits per heavy atom. The lowest BCUT2D eigenvalue weighted by atomic mass is 9.93. The summed E-state index contributed by atoms with van der Waals surface area (Å²) in [5.74, 6) is -2.74. The molecule has 0 spiro atoms. The molecule has 1 heterocycles. The predicted octanol–water partition coefficient (Wildman–Crippen LogP) is 5.70. The molecular formula is C29H26ClF2N3O5. The molecule has 208 valence electrons. The van der Waals surface area contributed by atoms with Crippen molar-refractivity contribution < 1.29 is 33.0 Å². The number of Topliss-reactive ketones (excluding diaryl/α,β-unsaturated/α-hetero) is 1. The van der Waals surface area contributed by atoms with Crippen molar-refractivity contribution in [1.82, 2.24) is 15.5 Å². The first-order chi connectivity index (χ1) is 19.1. The number of rotatable bonds is 11. The summed E-state index contributed by atoms with van der Waals surface area (Å²) in [6.07, 6.45) is 0.444. The van der Waals surface area contributed by atoms with Gasteiger partial charge >= 0.3 is 12.0 Å². The van der Waals surface area contributed by atoms with Crippen molar-refractivity contribution in [3.05, 3.63) is 106 Å². The van der Waals surface area contributed by atoms with Crippen LogP contribution in [0.2, 0.25) is 5.02 Å². The zero-order valence-corrected chi connectivity index (χ0v) is 22.2. The highest BCUT2D eigenvalue weighted by Gasteiger charge is 2.37. The van der Waals surface area contributed by atoms with Crippen LogP contribution in [-0.4, -0.2) is 47.4 Å². The van der Waals surface area contributed by atoms with Gasteiger partial charge in [-0.1, -0.05) is 23.7 Å². The molecule has 8 nitrogen and oxygen atoms in total. The molecule has 3 aromatic carbocycles. The number of aliphatic carboxylic acids is 1. The molecule has 0 aliphatic carbocycles. The maximum atomic E-state index is 13.8. The van der Waals surface area contributed by atoms with E-state index in [2.05, 4.69) is 10.6 Å². The van der Waals surface area contributed by atoms with E-state index in [1.807, 2.05) is 0 Å². The minimum atomic E-state index is -1.14. The van der Waals surface area contributed by atoms with E-state index in [4.69, 9.17) is 16.3 Å². The Hall–Kier alpha value is -4.28. The molecule has 1 atom stereocenters. The van der Waals surface area contributed by atoms with Crippen LogP contribution in [0.5, 0.6) is 11.5 Å². The van der Waals surface area contributed by atoms with Gasteiger partial charge in [0, 0.05) is 28.9 Å². The standard InChI is InChI=1S/C29H26ClF2N3O5/c1-17-26(28(37)38)27(19-4-2-5-20(30)14-19)35(29(39)34-17)13-3-12-33-16-24(36)18-6-9-22(10-7-18)40-25-11-8-21(31)15-23(25)32/h2,4-11,14-15,27,33H,3,12-13,16H2,1H3,(H,34,39)(H,37,38). The van der Waals surface area contributed by atoms with Crippen LogP contribution in [0.15, 0.2) is 78.0 Å². The van der Waals surface area contributed by atoms with Crippen LogP contribution in [0.3, 0.4) is 0 Å². The quantitative estimate of drug-likeness (QED) is 0.202. The molecule has 4 rings (SSSR count). The number of ether oxygens (including phenoxy) is 1. The molecule has 3 aromatic rings. The highest BCUT2D eigenvalue weighted by Crippen LogP contribution is 2.34. The molecule has 0 fully saturated rings. The number of ketones is 1. The maximum Gasteiger partial charge on any atom is 0.335 e. The Labute approximate surface area is 234 Å². The van der Waals surface area contributed by atoms with Gasteiger partial charge < -0.3 is 25.4 Å². The fourth-order valence-electron chi connectivity index (χ4n) is 4.38. The summed E-state index contributed by atoms with van der Waals surface area (Å²) in [4.78, 5) is 38.9. The maximum absolute atomic E-state index is 13.8. The minimum absolute atomic E-state index is 0.0239. The molecule has 3 N–H and O–H groups in total. The van der Waals surface area contributed by atoms with Crippen LogP contribution in [0.4, 0.5) is 13.6 Å². The fourth-order valence-corrected chi connectivity index (χ4v) is 4.58. The van der Waals surface area contributed by atoms with Crippen LogP contribution in [0.25, 0.3) is 0 Å². The van der Waals surface area contributed by atoms with Crippen molar-refractivity contribution in [2.75, 3.05) is 19.6 Å². The van der Waals surface area contributed by atoms with Gasteiger partial charge in [-0.15, -0.1) is 0 Å². The van der Waals surface area contributed by atoms with E-state index in [-0.39, 0.29) is 41.6 Å². The number of allylic oxidation sites excluding steroid dienone is 1. The number of nitrogens with zero attached hydrogens (tertiary/aromatic N) is 1. The zero-order valence-electron chi connectivity index (χ0n) is 21.4. The Morgan fingerprint density at radius 3 is 2.52 bits per heavy atom. The van der Waals surface area contributed by atoms with Crippen LogP contribution >= 0.6 is 11.6 Å². The lowest BCUT2D eigenvalue weighted by Gasteiger charge is -2.37. The molecular weight excluding hydrogens is 544 g/mol. The van der Waals surface area contributed by atoms with Gasteiger partial charge in [-0.05, 0) is 74.0 Å². The Bertz CT molecular complexity index is 1460. The number of halogens is 3. The average Bonchev–Trinajstić information content (AvgIpc) is 2.90. The normalized spacial score (nSPS) is 15.2. The third-order valence-electron chi connectivity index (χ3n) is 6.28. The smallest absolute Gasteiger partial charge is 0.335 e. The predicted molar refractivity (Wildman–Crippen MR) is 144 cm³/mol. The zero-order chi connectivity index (χ0) is 28.8. The first-order valence-electron chi connectivity index (χ1n) is 12.4. The van der Waals surface area contributed by atoms with Gasteiger partial charge in [0.2, 0.25) is 0 Å². The summed E-state index contributed by atoms with van der Waals surface area (Å²) >= 11 is 6.14. The van der Waals surface area contributed by atoms with Crippen LogP contribution < -0.4 is 15.4 Å². The number of hydrogen-bond donors (Lipinski definition) is 3.